The topological polar surface area (TPSA) is 56.9 Å². The maximum atomic E-state index is 12.8. The maximum Gasteiger partial charge on any atom is 0.241 e. The number of nitrogens with one attached hydrogen (secondary N) is 3. The highest BCUT2D eigenvalue weighted by Crippen LogP contribution is 2.27. The van der Waals surface area contributed by atoms with Crippen LogP contribution >= 0.6 is 11.6 Å². The van der Waals surface area contributed by atoms with Crippen molar-refractivity contribution in [2.24, 2.45) is 0 Å². The monoisotopic (exact) mass is 431 g/mol. The minimum Gasteiger partial charge on any atom is -0.361 e. The van der Waals surface area contributed by atoms with E-state index in [1.54, 1.807) is 7.05 Å². The lowest BCUT2D eigenvalue weighted by atomic mass is 9.95. The fourth-order valence-corrected chi connectivity index (χ4v) is 4.04. The number of benzene rings is 3. The smallest absolute Gasteiger partial charge is 0.241 e. The third kappa shape index (κ3) is 5.16. The Labute approximate surface area is 187 Å². The number of likely N-dealkylation sites (N-methyl/N-ethyl adjacent to an activating group) is 1. The number of halogens is 1. The Hall–Kier alpha value is -3.08. The van der Waals surface area contributed by atoms with E-state index < -0.39 is 6.04 Å². The SMILES string of the molecule is CNC(=O)[C@H](N[C@@H](CCc1ccc(Cl)cc1)c1ccc2[nH]ccc2c1)c1ccccc1. The second-order valence-electron chi connectivity index (χ2n) is 7.67. The van der Waals surface area contributed by atoms with E-state index in [0.29, 0.717) is 0 Å². The first-order valence-corrected chi connectivity index (χ1v) is 10.9. The first-order chi connectivity index (χ1) is 15.1. The van der Waals surface area contributed by atoms with E-state index in [4.69, 9.17) is 11.6 Å². The molecule has 0 bridgehead atoms. The highest BCUT2D eigenvalue weighted by molar-refractivity contribution is 6.30. The van der Waals surface area contributed by atoms with Crippen LogP contribution in [-0.4, -0.2) is 17.9 Å². The zero-order valence-electron chi connectivity index (χ0n) is 17.4. The molecule has 0 aliphatic heterocycles. The number of hydrogen-bond acceptors (Lipinski definition) is 2. The van der Waals surface area contributed by atoms with Crippen molar-refractivity contribution >= 4 is 28.4 Å². The van der Waals surface area contributed by atoms with Crippen molar-refractivity contribution in [2.45, 2.75) is 24.9 Å². The quantitative estimate of drug-likeness (QED) is 0.341. The summed E-state index contributed by atoms with van der Waals surface area (Å²) < 4.78 is 0. The summed E-state index contributed by atoms with van der Waals surface area (Å²) in [5, 5.41) is 8.33. The van der Waals surface area contributed by atoms with Crippen molar-refractivity contribution in [3.63, 3.8) is 0 Å². The summed E-state index contributed by atoms with van der Waals surface area (Å²) in [6.07, 6.45) is 3.66. The number of aromatic nitrogens is 1. The largest absolute Gasteiger partial charge is 0.361 e. The summed E-state index contributed by atoms with van der Waals surface area (Å²) in [7, 11) is 1.68. The predicted octanol–water partition coefficient (Wildman–Crippen LogP) is 5.57. The van der Waals surface area contributed by atoms with Crippen LogP contribution in [0, 0.1) is 0 Å². The minimum absolute atomic E-state index is 0.00233. The maximum absolute atomic E-state index is 12.8. The van der Waals surface area contributed by atoms with Crippen molar-refractivity contribution in [3.8, 4) is 0 Å². The molecule has 1 aromatic heterocycles. The lowest BCUT2D eigenvalue weighted by Gasteiger charge is -2.26. The normalized spacial score (nSPS) is 13.1. The number of carbonyl (C=O) groups is 1. The Morgan fingerprint density at radius 3 is 2.48 bits per heavy atom. The van der Waals surface area contributed by atoms with Crippen LogP contribution in [0.15, 0.2) is 85.1 Å². The van der Waals surface area contributed by atoms with Crippen LogP contribution in [0.3, 0.4) is 0 Å². The van der Waals surface area contributed by atoms with Crippen LogP contribution in [0.25, 0.3) is 10.9 Å². The Morgan fingerprint density at radius 1 is 0.968 bits per heavy atom. The van der Waals surface area contributed by atoms with E-state index >= 15 is 0 Å². The van der Waals surface area contributed by atoms with E-state index in [-0.39, 0.29) is 11.9 Å². The van der Waals surface area contributed by atoms with Gasteiger partial charge in [0.25, 0.3) is 0 Å². The van der Waals surface area contributed by atoms with Crippen LogP contribution < -0.4 is 10.6 Å². The van der Waals surface area contributed by atoms with Crippen molar-refractivity contribution in [2.75, 3.05) is 7.05 Å². The Kier molecular flexibility index (Phi) is 6.70. The third-order valence-corrected chi connectivity index (χ3v) is 5.88. The predicted molar refractivity (Wildman–Crippen MR) is 127 cm³/mol. The number of H-pyrrole nitrogens is 1. The average Bonchev–Trinajstić information content (AvgIpc) is 3.28. The first-order valence-electron chi connectivity index (χ1n) is 10.5. The number of carbonyl (C=O) groups excluding carboxylic acids is 1. The summed E-state index contributed by atoms with van der Waals surface area (Å²) in [6, 6.07) is 25.8. The summed E-state index contributed by atoms with van der Waals surface area (Å²) in [5.41, 5.74) is 4.42. The van der Waals surface area contributed by atoms with Gasteiger partial charge in [0.15, 0.2) is 0 Å². The molecule has 5 heteroatoms. The molecule has 31 heavy (non-hydrogen) atoms. The molecule has 0 radical (unpaired) electrons. The van der Waals surface area contributed by atoms with Gasteiger partial charge in [-0.1, -0.05) is 60.1 Å². The molecule has 3 N–H and O–H groups in total. The van der Waals surface area contributed by atoms with Crippen molar-refractivity contribution in [3.05, 3.63) is 107 Å². The number of aryl methyl sites for hydroxylation is 1. The molecule has 0 aliphatic carbocycles. The van der Waals surface area contributed by atoms with Gasteiger partial charge in [0.2, 0.25) is 5.91 Å². The number of rotatable bonds is 8. The molecule has 0 unspecified atom stereocenters. The van der Waals surface area contributed by atoms with Crippen molar-refractivity contribution in [1.29, 1.82) is 0 Å². The van der Waals surface area contributed by atoms with Crippen LogP contribution in [0.4, 0.5) is 0 Å². The number of amides is 1. The standard InChI is InChI=1S/C26H26ClN3O/c1-28-26(31)25(19-5-3-2-4-6-19)30-24(13-9-18-7-11-22(27)12-8-18)20-10-14-23-21(17-20)15-16-29-23/h2-8,10-12,14-17,24-25,29-30H,9,13H2,1H3,(H,28,31)/t24-,25+/m0/s1. The second kappa shape index (κ2) is 9.82. The van der Waals surface area contributed by atoms with Crippen molar-refractivity contribution in [1.82, 2.24) is 15.6 Å². The van der Waals surface area contributed by atoms with Gasteiger partial charge in [0.05, 0.1) is 0 Å². The van der Waals surface area contributed by atoms with Crippen LogP contribution in [0.5, 0.6) is 0 Å². The molecule has 4 rings (SSSR count). The molecule has 0 saturated heterocycles. The van der Waals surface area contributed by atoms with Gasteiger partial charge in [-0.05, 0) is 65.3 Å². The number of aromatic amines is 1. The Bertz CT molecular complexity index is 1140. The van der Waals surface area contributed by atoms with E-state index in [0.717, 1.165) is 39.9 Å². The molecule has 0 fully saturated rings. The highest BCUT2D eigenvalue weighted by atomic mass is 35.5. The molecule has 0 aliphatic rings. The van der Waals surface area contributed by atoms with Gasteiger partial charge in [-0.15, -0.1) is 0 Å². The van der Waals surface area contributed by atoms with Gasteiger partial charge < -0.3 is 10.3 Å². The molecule has 2 atom stereocenters. The van der Waals surface area contributed by atoms with Gasteiger partial charge in [0.1, 0.15) is 6.04 Å². The molecular formula is C26H26ClN3O. The summed E-state index contributed by atoms with van der Waals surface area (Å²) >= 11 is 6.04. The fourth-order valence-electron chi connectivity index (χ4n) is 3.91. The molecule has 1 amide bonds. The molecular weight excluding hydrogens is 406 g/mol. The third-order valence-electron chi connectivity index (χ3n) is 5.62. The van der Waals surface area contributed by atoms with Crippen LogP contribution in [0.1, 0.15) is 35.2 Å². The molecule has 1 heterocycles. The minimum atomic E-state index is -0.441. The van der Waals surface area contributed by atoms with E-state index in [9.17, 15) is 4.79 Å². The Balaban J connectivity index is 1.64. The highest BCUT2D eigenvalue weighted by Gasteiger charge is 2.24. The molecule has 0 spiro atoms. The zero-order valence-corrected chi connectivity index (χ0v) is 18.2. The lowest BCUT2D eigenvalue weighted by molar-refractivity contribution is -0.123. The summed E-state index contributed by atoms with van der Waals surface area (Å²) in [5.74, 6) is -0.0505. The number of hydrogen-bond donors (Lipinski definition) is 3. The van der Waals surface area contributed by atoms with E-state index in [1.807, 2.05) is 48.7 Å². The molecule has 0 saturated carbocycles. The van der Waals surface area contributed by atoms with Crippen LogP contribution in [0.2, 0.25) is 5.02 Å². The van der Waals surface area contributed by atoms with Gasteiger partial charge >= 0.3 is 0 Å². The van der Waals surface area contributed by atoms with Gasteiger partial charge in [0, 0.05) is 29.8 Å². The molecule has 4 nitrogen and oxygen atoms in total. The van der Waals surface area contributed by atoms with Gasteiger partial charge in [-0.3, -0.25) is 10.1 Å². The Morgan fingerprint density at radius 2 is 1.74 bits per heavy atom. The van der Waals surface area contributed by atoms with E-state index in [1.165, 1.54) is 5.56 Å². The summed E-state index contributed by atoms with van der Waals surface area (Å²) in [6.45, 7) is 0. The summed E-state index contributed by atoms with van der Waals surface area (Å²) in [4.78, 5) is 16.0. The zero-order chi connectivity index (χ0) is 21.6. The fraction of sp³-hybridized carbons (Fsp3) is 0.192. The van der Waals surface area contributed by atoms with Crippen LogP contribution in [-0.2, 0) is 11.2 Å². The van der Waals surface area contributed by atoms with Gasteiger partial charge in [-0.25, -0.2) is 0 Å². The first kappa shape index (κ1) is 21.2. The van der Waals surface area contributed by atoms with Gasteiger partial charge in [-0.2, -0.15) is 0 Å². The lowest BCUT2D eigenvalue weighted by Crippen LogP contribution is -2.38. The van der Waals surface area contributed by atoms with E-state index in [2.05, 4.69) is 52.0 Å². The molecule has 158 valence electrons. The number of fused-ring (bicyclic) bond motifs is 1. The molecule has 4 aromatic rings. The second-order valence-corrected chi connectivity index (χ2v) is 8.10. The van der Waals surface area contributed by atoms with Crippen molar-refractivity contribution < 1.29 is 4.79 Å². The molecule has 3 aromatic carbocycles. The average molecular weight is 432 g/mol.